The van der Waals surface area contributed by atoms with Crippen molar-refractivity contribution in [1.82, 2.24) is 9.47 Å². The molecule has 2 aliphatic heterocycles. The number of nitrogens with zero attached hydrogens (tertiary/aromatic N) is 2. The number of alkyl halides is 1. The molecule has 0 amide bonds. The first-order valence-corrected chi connectivity index (χ1v) is 10.5. The Labute approximate surface area is 170 Å². The molecule has 5 rings (SSSR count). The molecule has 3 atom stereocenters. The highest BCUT2D eigenvalue weighted by molar-refractivity contribution is 6.30. The fourth-order valence-electron chi connectivity index (χ4n) is 5.33. The van der Waals surface area contributed by atoms with Crippen LogP contribution in [-0.2, 0) is 18.6 Å². The average molecular weight is 397 g/mol. The van der Waals surface area contributed by atoms with E-state index in [1.54, 1.807) is 19.1 Å². The molecule has 3 heterocycles. The lowest BCUT2D eigenvalue weighted by Gasteiger charge is -2.33. The van der Waals surface area contributed by atoms with E-state index in [4.69, 9.17) is 11.6 Å². The molecule has 4 heteroatoms. The number of likely N-dealkylation sites (N-methyl/N-ethyl adjacent to an activating group) is 1. The summed E-state index contributed by atoms with van der Waals surface area (Å²) in [5.74, 6) is 0. The molecule has 28 heavy (non-hydrogen) atoms. The van der Waals surface area contributed by atoms with Crippen molar-refractivity contribution in [3.05, 3.63) is 69.9 Å². The molecule has 0 radical (unpaired) electrons. The van der Waals surface area contributed by atoms with Gasteiger partial charge in [0.15, 0.2) is 5.67 Å². The van der Waals surface area contributed by atoms with Crippen LogP contribution < -0.4 is 0 Å². The van der Waals surface area contributed by atoms with Crippen molar-refractivity contribution in [1.29, 1.82) is 0 Å². The van der Waals surface area contributed by atoms with Crippen molar-refractivity contribution in [3.63, 3.8) is 0 Å². The second-order valence-corrected chi connectivity index (χ2v) is 9.22. The van der Waals surface area contributed by atoms with Gasteiger partial charge < -0.3 is 4.57 Å². The van der Waals surface area contributed by atoms with Crippen molar-refractivity contribution >= 4 is 22.5 Å². The average Bonchev–Trinajstić information content (AvgIpc) is 3.06. The van der Waals surface area contributed by atoms with Gasteiger partial charge in [0, 0.05) is 40.1 Å². The van der Waals surface area contributed by atoms with Crippen LogP contribution >= 0.6 is 11.6 Å². The first kappa shape index (κ1) is 18.2. The van der Waals surface area contributed by atoms with Gasteiger partial charge in [0.05, 0.1) is 6.54 Å². The first-order valence-electron chi connectivity index (χ1n) is 10.1. The van der Waals surface area contributed by atoms with Gasteiger partial charge in [0.25, 0.3) is 0 Å². The predicted octanol–water partition coefficient (Wildman–Crippen LogP) is 6.18. The second kappa shape index (κ2) is 6.33. The maximum atomic E-state index is 15.9. The SMILES string of the molecule is Cc1ccc2c(c1)c1c(n2CC(C)(F)c2ccc(Cl)cc2)CC2CCC1N2C. The lowest BCUT2D eigenvalue weighted by atomic mass is 9.96. The van der Waals surface area contributed by atoms with Gasteiger partial charge in [-0.2, -0.15) is 0 Å². The number of halogens is 2. The van der Waals surface area contributed by atoms with Gasteiger partial charge >= 0.3 is 0 Å². The molecular weight excluding hydrogens is 371 g/mol. The van der Waals surface area contributed by atoms with Crippen LogP contribution in [0.5, 0.6) is 0 Å². The zero-order chi connectivity index (χ0) is 19.6. The maximum absolute atomic E-state index is 15.9. The molecule has 0 saturated carbocycles. The third-order valence-corrected chi connectivity index (χ3v) is 7.13. The standard InChI is InChI=1S/C24H26ClFN2/c1-15-4-10-20-19(12-15)23-21-11-9-18(27(21)3)13-22(23)28(20)14-24(2,26)16-5-7-17(25)8-6-16/h4-8,10,12,18,21H,9,11,13-14H2,1-3H3. The number of rotatable bonds is 3. The van der Waals surface area contributed by atoms with E-state index in [0.29, 0.717) is 29.2 Å². The molecule has 3 aromatic rings. The van der Waals surface area contributed by atoms with E-state index in [1.165, 1.54) is 35.0 Å². The minimum Gasteiger partial charge on any atom is -0.341 e. The Hall–Kier alpha value is -1.84. The molecule has 1 fully saturated rings. The summed E-state index contributed by atoms with van der Waals surface area (Å²) in [7, 11) is 2.25. The summed E-state index contributed by atoms with van der Waals surface area (Å²) >= 11 is 6.01. The van der Waals surface area contributed by atoms with Crippen LogP contribution in [-0.4, -0.2) is 22.6 Å². The molecule has 2 aromatic carbocycles. The van der Waals surface area contributed by atoms with E-state index in [9.17, 15) is 0 Å². The van der Waals surface area contributed by atoms with Crippen molar-refractivity contribution in [2.75, 3.05) is 7.05 Å². The third kappa shape index (κ3) is 2.71. The number of aromatic nitrogens is 1. The minimum atomic E-state index is -1.46. The monoisotopic (exact) mass is 396 g/mol. The fourth-order valence-corrected chi connectivity index (χ4v) is 5.46. The number of benzene rings is 2. The third-order valence-electron chi connectivity index (χ3n) is 6.87. The summed E-state index contributed by atoms with van der Waals surface area (Å²) < 4.78 is 18.2. The van der Waals surface area contributed by atoms with E-state index in [1.807, 2.05) is 12.1 Å². The van der Waals surface area contributed by atoms with E-state index in [2.05, 4.69) is 41.6 Å². The zero-order valence-electron chi connectivity index (χ0n) is 16.7. The highest BCUT2D eigenvalue weighted by atomic mass is 35.5. The van der Waals surface area contributed by atoms with E-state index >= 15 is 4.39 Å². The van der Waals surface area contributed by atoms with Gasteiger partial charge in [0.2, 0.25) is 0 Å². The molecule has 1 aromatic heterocycles. The molecule has 3 unspecified atom stereocenters. The van der Waals surface area contributed by atoms with Gasteiger partial charge in [0.1, 0.15) is 0 Å². The van der Waals surface area contributed by atoms with Gasteiger partial charge in [-0.1, -0.05) is 35.4 Å². The highest BCUT2D eigenvalue weighted by Gasteiger charge is 2.41. The van der Waals surface area contributed by atoms with Crippen LogP contribution in [0.3, 0.4) is 0 Å². The Balaban J connectivity index is 1.66. The second-order valence-electron chi connectivity index (χ2n) is 8.79. The number of hydrogen-bond acceptors (Lipinski definition) is 1. The summed E-state index contributed by atoms with van der Waals surface area (Å²) in [6.07, 6.45) is 3.44. The van der Waals surface area contributed by atoms with Crippen LogP contribution in [0.2, 0.25) is 5.02 Å². The highest BCUT2D eigenvalue weighted by Crippen LogP contribution is 2.47. The van der Waals surface area contributed by atoms with Gasteiger partial charge in [-0.3, -0.25) is 4.90 Å². The van der Waals surface area contributed by atoms with Crippen molar-refractivity contribution in [2.24, 2.45) is 0 Å². The largest absolute Gasteiger partial charge is 0.341 e. The van der Waals surface area contributed by atoms with Gasteiger partial charge in [-0.25, -0.2) is 4.39 Å². The maximum Gasteiger partial charge on any atom is 0.151 e. The quantitative estimate of drug-likeness (QED) is 0.513. The Bertz CT molecular complexity index is 1050. The topological polar surface area (TPSA) is 8.17 Å². The molecule has 2 aliphatic rings. The molecule has 0 spiro atoms. The molecule has 0 aliphatic carbocycles. The predicted molar refractivity (Wildman–Crippen MR) is 114 cm³/mol. The number of aryl methyl sites for hydroxylation is 1. The van der Waals surface area contributed by atoms with Gasteiger partial charge in [-0.05, 0) is 69.1 Å². The van der Waals surface area contributed by atoms with Crippen molar-refractivity contribution < 1.29 is 4.39 Å². The Kier molecular flexibility index (Phi) is 4.12. The number of fused-ring (bicyclic) bond motifs is 6. The molecule has 0 N–H and O–H groups in total. The van der Waals surface area contributed by atoms with E-state index in [-0.39, 0.29) is 0 Å². The number of hydrogen-bond donors (Lipinski definition) is 0. The van der Waals surface area contributed by atoms with Crippen molar-refractivity contribution in [3.8, 4) is 0 Å². The van der Waals surface area contributed by atoms with Crippen LogP contribution in [0, 0.1) is 6.92 Å². The molecule has 146 valence electrons. The van der Waals surface area contributed by atoms with E-state index in [0.717, 1.165) is 11.9 Å². The summed E-state index contributed by atoms with van der Waals surface area (Å²) in [5, 5.41) is 1.94. The summed E-state index contributed by atoms with van der Waals surface area (Å²) in [4.78, 5) is 2.53. The van der Waals surface area contributed by atoms with Crippen LogP contribution in [0.25, 0.3) is 10.9 Å². The van der Waals surface area contributed by atoms with Gasteiger partial charge in [-0.15, -0.1) is 0 Å². The molecule has 2 nitrogen and oxygen atoms in total. The van der Waals surface area contributed by atoms with Crippen molar-refractivity contribution in [2.45, 2.75) is 57.4 Å². The molecule has 1 saturated heterocycles. The first-order chi connectivity index (χ1) is 13.3. The normalized spacial score (nSPS) is 23.8. The zero-order valence-corrected chi connectivity index (χ0v) is 17.4. The summed E-state index contributed by atoms with van der Waals surface area (Å²) in [5.41, 5.74) is 4.41. The van der Waals surface area contributed by atoms with Crippen LogP contribution in [0.4, 0.5) is 4.39 Å². The minimum absolute atomic E-state index is 0.326. The van der Waals surface area contributed by atoms with E-state index < -0.39 is 5.67 Å². The van der Waals surface area contributed by atoms with Crippen LogP contribution in [0.15, 0.2) is 42.5 Å². The van der Waals surface area contributed by atoms with Crippen LogP contribution in [0.1, 0.15) is 48.2 Å². The Morgan fingerprint density at radius 2 is 1.89 bits per heavy atom. The summed E-state index contributed by atoms with van der Waals surface area (Å²) in [6.45, 7) is 4.15. The molecular formula is C24H26ClFN2. The lowest BCUT2D eigenvalue weighted by molar-refractivity contribution is 0.159. The Morgan fingerprint density at radius 1 is 1.14 bits per heavy atom. The smallest absolute Gasteiger partial charge is 0.151 e. The lowest BCUT2D eigenvalue weighted by Crippen LogP contribution is -2.35. The fraction of sp³-hybridized carbons (Fsp3) is 0.417. The molecule has 2 bridgehead atoms. The Morgan fingerprint density at radius 3 is 2.64 bits per heavy atom. The summed E-state index contributed by atoms with van der Waals surface area (Å²) in [6, 6.07) is 14.8.